The molecule has 2 rings (SSSR count). The van der Waals surface area contributed by atoms with Crippen molar-refractivity contribution in [2.45, 2.75) is 26.3 Å². The Hall–Kier alpha value is -1.60. The quantitative estimate of drug-likeness (QED) is 0.833. The Morgan fingerprint density at radius 2 is 1.44 bits per heavy atom. The molecule has 1 unspecified atom stereocenters. The zero-order valence-corrected chi connectivity index (χ0v) is 11.2. The van der Waals surface area contributed by atoms with E-state index in [0.717, 1.165) is 13.0 Å². The first kappa shape index (κ1) is 12.8. The normalized spacial score (nSPS) is 12.3. The van der Waals surface area contributed by atoms with Crippen LogP contribution in [0.15, 0.2) is 54.6 Å². The van der Waals surface area contributed by atoms with Crippen molar-refractivity contribution in [2.75, 3.05) is 6.54 Å². The maximum absolute atomic E-state index is 3.55. The maximum atomic E-state index is 3.55. The fourth-order valence-corrected chi connectivity index (χ4v) is 2.22. The van der Waals surface area contributed by atoms with Gasteiger partial charge < -0.3 is 5.32 Å². The van der Waals surface area contributed by atoms with Gasteiger partial charge in [-0.05, 0) is 29.7 Å². The van der Waals surface area contributed by atoms with Gasteiger partial charge in [0.1, 0.15) is 0 Å². The Morgan fingerprint density at radius 1 is 0.833 bits per heavy atom. The summed E-state index contributed by atoms with van der Waals surface area (Å²) in [5.41, 5.74) is 4.05. The van der Waals surface area contributed by atoms with Crippen molar-refractivity contribution in [1.82, 2.24) is 5.32 Å². The lowest BCUT2D eigenvalue weighted by atomic mass is 9.97. The van der Waals surface area contributed by atoms with E-state index in [1.807, 2.05) is 0 Å². The molecule has 0 heterocycles. The van der Waals surface area contributed by atoms with E-state index in [2.05, 4.69) is 73.8 Å². The van der Waals surface area contributed by atoms with Crippen LogP contribution < -0.4 is 5.32 Å². The van der Waals surface area contributed by atoms with E-state index in [4.69, 9.17) is 0 Å². The van der Waals surface area contributed by atoms with E-state index >= 15 is 0 Å². The second-order valence-corrected chi connectivity index (χ2v) is 4.50. The highest BCUT2D eigenvalue weighted by Gasteiger charge is 2.11. The highest BCUT2D eigenvalue weighted by Crippen LogP contribution is 2.22. The van der Waals surface area contributed by atoms with Crippen molar-refractivity contribution in [3.8, 4) is 0 Å². The van der Waals surface area contributed by atoms with E-state index in [1.165, 1.54) is 16.7 Å². The first-order chi connectivity index (χ1) is 8.85. The predicted molar refractivity (Wildman–Crippen MR) is 77.8 cm³/mol. The summed E-state index contributed by atoms with van der Waals surface area (Å²) in [5, 5.41) is 3.55. The average molecular weight is 239 g/mol. The third-order valence-electron chi connectivity index (χ3n) is 3.26. The van der Waals surface area contributed by atoms with Crippen LogP contribution in [0.1, 0.15) is 36.6 Å². The minimum atomic E-state index is 0.294. The summed E-state index contributed by atoms with van der Waals surface area (Å²) in [5.74, 6) is 0. The van der Waals surface area contributed by atoms with Gasteiger partial charge in [-0.15, -0.1) is 0 Å². The van der Waals surface area contributed by atoms with Gasteiger partial charge in [0.15, 0.2) is 0 Å². The zero-order valence-electron chi connectivity index (χ0n) is 11.2. The second kappa shape index (κ2) is 6.36. The Bertz CT molecular complexity index is 459. The van der Waals surface area contributed by atoms with Crippen LogP contribution in [0.5, 0.6) is 0 Å². The molecular weight excluding hydrogens is 218 g/mol. The first-order valence-electron chi connectivity index (χ1n) is 6.72. The van der Waals surface area contributed by atoms with Gasteiger partial charge in [-0.25, -0.2) is 0 Å². The molecule has 1 heteroatoms. The van der Waals surface area contributed by atoms with Gasteiger partial charge in [0.25, 0.3) is 0 Å². The van der Waals surface area contributed by atoms with Gasteiger partial charge in [0, 0.05) is 0 Å². The van der Waals surface area contributed by atoms with E-state index in [1.54, 1.807) is 0 Å². The molecule has 2 aromatic rings. The molecule has 0 radical (unpaired) electrons. The largest absolute Gasteiger partial charge is 0.307 e. The standard InChI is InChI=1S/C17H21N/c1-3-14-10-12-16(13-11-14)17(18-4-2)15-8-6-5-7-9-15/h5-13,17-18H,3-4H2,1-2H3. The van der Waals surface area contributed by atoms with Gasteiger partial charge >= 0.3 is 0 Å². The molecule has 0 aliphatic rings. The molecule has 0 amide bonds. The van der Waals surface area contributed by atoms with Gasteiger partial charge in [0.05, 0.1) is 6.04 Å². The smallest absolute Gasteiger partial charge is 0.0576 e. The number of rotatable bonds is 5. The van der Waals surface area contributed by atoms with Gasteiger partial charge in [-0.1, -0.05) is 68.4 Å². The lowest BCUT2D eigenvalue weighted by Crippen LogP contribution is -2.21. The van der Waals surface area contributed by atoms with E-state index in [9.17, 15) is 0 Å². The number of nitrogens with one attached hydrogen (secondary N) is 1. The second-order valence-electron chi connectivity index (χ2n) is 4.50. The molecule has 18 heavy (non-hydrogen) atoms. The van der Waals surface area contributed by atoms with E-state index < -0.39 is 0 Å². The van der Waals surface area contributed by atoms with Crippen LogP contribution in [0.25, 0.3) is 0 Å². The minimum Gasteiger partial charge on any atom is -0.307 e. The van der Waals surface area contributed by atoms with Crippen molar-refractivity contribution >= 4 is 0 Å². The lowest BCUT2D eigenvalue weighted by Gasteiger charge is -2.19. The SMILES string of the molecule is CCNC(c1ccccc1)c1ccc(CC)cc1. The molecule has 94 valence electrons. The Labute approximate surface area is 110 Å². The van der Waals surface area contributed by atoms with Crippen LogP contribution in [0.4, 0.5) is 0 Å². The average Bonchev–Trinajstić information content (AvgIpc) is 2.46. The molecule has 1 nitrogen and oxygen atoms in total. The highest BCUT2D eigenvalue weighted by atomic mass is 14.9. The molecule has 0 aliphatic carbocycles. The van der Waals surface area contributed by atoms with Gasteiger partial charge in [-0.2, -0.15) is 0 Å². The van der Waals surface area contributed by atoms with Crippen LogP contribution in [-0.4, -0.2) is 6.54 Å². The Kier molecular flexibility index (Phi) is 4.54. The predicted octanol–water partition coefficient (Wildman–Crippen LogP) is 3.95. The monoisotopic (exact) mass is 239 g/mol. The molecule has 0 saturated heterocycles. The number of hydrogen-bond donors (Lipinski definition) is 1. The van der Waals surface area contributed by atoms with Crippen LogP contribution in [0.3, 0.4) is 0 Å². The summed E-state index contributed by atoms with van der Waals surface area (Å²) < 4.78 is 0. The molecule has 0 bridgehead atoms. The molecule has 0 spiro atoms. The lowest BCUT2D eigenvalue weighted by molar-refractivity contribution is 0.630. The molecular formula is C17H21N. The third-order valence-corrected chi connectivity index (χ3v) is 3.26. The number of hydrogen-bond acceptors (Lipinski definition) is 1. The minimum absolute atomic E-state index is 0.294. The third kappa shape index (κ3) is 2.99. The highest BCUT2D eigenvalue weighted by molar-refractivity contribution is 5.33. The zero-order chi connectivity index (χ0) is 12.8. The van der Waals surface area contributed by atoms with E-state index in [-0.39, 0.29) is 0 Å². The van der Waals surface area contributed by atoms with Crippen molar-refractivity contribution < 1.29 is 0 Å². The molecule has 1 N–H and O–H groups in total. The molecule has 2 aromatic carbocycles. The molecule has 0 fully saturated rings. The van der Waals surface area contributed by atoms with Crippen molar-refractivity contribution in [1.29, 1.82) is 0 Å². The van der Waals surface area contributed by atoms with Crippen molar-refractivity contribution in [2.24, 2.45) is 0 Å². The van der Waals surface area contributed by atoms with Crippen molar-refractivity contribution in [3.63, 3.8) is 0 Å². The molecule has 0 aliphatic heterocycles. The molecule has 0 aromatic heterocycles. The number of aryl methyl sites for hydroxylation is 1. The topological polar surface area (TPSA) is 12.0 Å². The number of benzene rings is 2. The Balaban J connectivity index is 2.29. The van der Waals surface area contributed by atoms with Crippen LogP contribution >= 0.6 is 0 Å². The van der Waals surface area contributed by atoms with Crippen LogP contribution in [0.2, 0.25) is 0 Å². The summed E-state index contributed by atoms with van der Waals surface area (Å²) in [4.78, 5) is 0. The van der Waals surface area contributed by atoms with Gasteiger partial charge in [-0.3, -0.25) is 0 Å². The summed E-state index contributed by atoms with van der Waals surface area (Å²) in [6.45, 7) is 5.30. The van der Waals surface area contributed by atoms with Crippen LogP contribution in [0, 0.1) is 0 Å². The van der Waals surface area contributed by atoms with Crippen molar-refractivity contribution in [3.05, 3.63) is 71.3 Å². The molecule has 0 saturated carbocycles. The summed E-state index contributed by atoms with van der Waals surface area (Å²) in [7, 11) is 0. The molecule has 1 atom stereocenters. The Morgan fingerprint density at radius 3 is 2.00 bits per heavy atom. The van der Waals surface area contributed by atoms with Gasteiger partial charge in [0.2, 0.25) is 0 Å². The summed E-state index contributed by atoms with van der Waals surface area (Å²) in [6.07, 6.45) is 1.09. The summed E-state index contributed by atoms with van der Waals surface area (Å²) in [6, 6.07) is 19.8. The maximum Gasteiger partial charge on any atom is 0.0576 e. The first-order valence-corrected chi connectivity index (χ1v) is 6.72. The summed E-state index contributed by atoms with van der Waals surface area (Å²) >= 11 is 0. The fourth-order valence-electron chi connectivity index (χ4n) is 2.22. The van der Waals surface area contributed by atoms with E-state index in [0.29, 0.717) is 6.04 Å². The van der Waals surface area contributed by atoms with Crippen LogP contribution in [-0.2, 0) is 6.42 Å². The fraction of sp³-hybridized carbons (Fsp3) is 0.294.